The van der Waals surface area contributed by atoms with Gasteiger partial charge in [-0.25, -0.2) is 9.13 Å². The third-order valence-corrected chi connectivity index (χ3v) is 1.29. The maximum Gasteiger partial charge on any atom is 0.507 e. The highest BCUT2D eigenvalue weighted by molar-refractivity contribution is 7.46. The fraction of sp³-hybridized carbons (Fsp3) is 0.833. The lowest BCUT2D eigenvalue weighted by atomic mass is 10.1. The zero-order chi connectivity index (χ0) is 17.0. The zero-order valence-corrected chi connectivity index (χ0v) is 12.0. The van der Waals surface area contributed by atoms with Gasteiger partial charge in [-0.3, -0.25) is 24.4 Å². The standard InChI is InChI=1S/C6H14N2O2.2FH2O3P/c7-4-2-1-3-5(8)6(9)10;2*1-5(2,3)4/h5H,1-4,7-8H2,(H,9,10);2*(H2,2,3,4)/t5-;;/m0../s1. The molecule has 0 fully saturated rings. The summed E-state index contributed by atoms with van der Waals surface area (Å²) >= 11 is 0. The van der Waals surface area contributed by atoms with Crippen LogP contribution >= 0.6 is 15.8 Å². The molecule has 14 heteroatoms. The first kappa shape index (κ1) is 24.6. The van der Waals surface area contributed by atoms with E-state index in [4.69, 9.17) is 45.3 Å². The first-order valence-electron chi connectivity index (χ1n) is 4.87. The van der Waals surface area contributed by atoms with E-state index in [0.717, 1.165) is 12.8 Å². The molecule has 0 aliphatic rings. The lowest BCUT2D eigenvalue weighted by Crippen LogP contribution is -2.29. The smallest absolute Gasteiger partial charge is 0.480 e. The minimum Gasteiger partial charge on any atom is -0.480 e. The third kappa shape index (κ3) is 65.8. The molecular formula is C6H18F2N2O8P2. The molecule has 0 radical (unpaired) electrons. The summed E-state index contributed by atoms with van der Waals surface area (Å²) in [6.07, 6.45) is 2.16. The molecule has 0 heterocycles. The van der Waals surface area contributed by atoms with E-state index in [0.29, 0.717) is 13.0 Å². The maximum atomic E-state index is 10.4. The Kier molecular flexibility index (Phi) is 15.1. The van der Waals surface area contributed by atoms with Crippen LogP contribution in [-0.2, 0) is 13.9 Å². The Bertz CT molecular complexity index is 309. The molecule has 0 aromatic heterocycles. The van der Waals surface area contributed by atoms with Crippen LogP contribution in [0, 0.1) is 0 Å². The number of nitrogens with two attached hydrogens (primary N) is 2. The van der Waals surface area contributed by atoms with Gasteiger partial charge in [0.15, 0.2) is 0 Å². The molecule has 0 aliphatic carbocycles. The number of unbranched alkanes of at least 4 members (excludes halogenated alkanes) is 1. The van der Waals surface area contributed by atoms with Crippen LogP contribution in [0.15, 0.2) is 0 Å². The Hall–Kier alpha value is -0.450. The fourth-order valence-corrected chi connectivity index (χ4v) is 0.632. The van der Waals surface area contributed by atoms with Crippen molar-refractivity contribution in [3.05, 3.63) is 0 Å². The molecule has 0 spiro atoms. The van der Waals surface area contributed by atoms with Crippen molar-refractivity contribution in [3.63, 3.8) is 0 Å². The third-order valence-electron chi connectivity index (χ3n) is 1.29. The van der Waals surface area contributed by atoms with Crippen LogP contribution in [0.1, 0.15) is 19.3 Å². The topological polar surface area (TPSA) is 204 Å². The van der Waals surface area contributed by atoms with Crippen LogP contribution in [-0.4, -0.2) is 43.2 Å². The Balaban J connectivity index is -0.000000244. The van der Waals surface area contributed by atoms with Gasteiger partial charge in [0.2, 0.25) is 0 Å². The van der Waals surface area contributed by atoms with Gasteiger partial charge in [-0.05, 0) is 19.4 Å². The number of halogens is 2. The number of hydrogen-bond donors (Lipinski definition) is 7. The van der Waals surface area contributed by atoms with Gasteiger partial charge in [-0.2, -0.15) is 0 Å². The summed E-state index contributed by atoms with van der Waals surface area (Å²) in [5.41, 5.74) is 10.4. The minimum atomic E-state index is -5.14. The van der Waals surface area contributed by atoms with Crippen LogP contribution in [0.5, 0.6) is 0 Å². The van der Waals surface area contributed by atoms with Gasteiger partial charge in [-0.15, -0.1) is 8.39 Å². The molecule has 1 atom stereocenters. The fourth-order valence-electron chi connectivity index (χ4n) is 0.632. The molecule has 0 amide bonds. The van der Waals surface area contributed by atoms with Gasteiger partial charge in [0.05, 0.1) is 0 Å². The lowest BCUT2D eigenvalue weighted by molar-refractivity contribution is -0.138. The summed E-state index contributed by atoms with van der Waals surface area (Å²) in [5, 5.41) is 8.33. The van der Waals surface area contributed by atoms with Crippen molar-refractivity contribution in [3.8, 4) is 0 Å². The predicted molar refractivity (Wildman–Crippen MR) is 64.8 cm³/mol. The number of hydrogen-bond acceptors (Lipinski definition) is 5. The van der Waals surface area contributed by atoms with Crippen LogP contribution in [0.2, 0.25) is 0 Å². The largest absolute Gasteiger partial charge is 0.507 e. The molecule has 20 heavy (non-hydrogen) atoms. The van der Waals surface area contributed by atoms with Crippen molar-refractivity contribution < 1.29 is 47.0 Å². The molecule has 0 rings (SSSR count). The zero-order valence-electron chi connectivity index (χ0n) is 10.2. The summed E-state index contributed by atoms with van der Waals surface area (Å²) in [6, 6.07) is -0.716. The highest BCUT2D eigenvalue weighted by atomic mass is 31.2. The van der Waals surface area contributed by atoms with E-state index in [1.54, 1.807) is 0 Å². The van der Waals surface area contributed by atoms with E-state index >= 15 is 0 Å². The van der Waals surface area contributed by atoms with E-state index < -0.39 is 27.8 Å². The maximum absolute atomic E-state index is 10.4. The molecule has 9 N–H and O–H groups in total. The van der Waals surface area contributed by atoms with Crippen molar-refractivity contribution in [2.24, 2.45) is 11.5 Å². The van der Waals surface area contributed by atoms with Crippen molar-refractivity contribution in [2.75, 3.05) is 6.54 Å². The minimum absolute atomic E-state index is 0.520. The summed E-state index contributed by atoms with van der Waals surface area (Å²) in [4.78, 5) is 38.0. The summed E-state index contributed by atoms with van der Waals surface area (Å²) in [6.45, 7) is 0.604. The molecule has 0 saturated heterocycles. The highest BCUT2D eigenvalue weighted by Gasteiger charge is 2.09. The molecule has 0 aromatic rings. The Morgan fingerprint density at radius 2 is 1.35 bits per heavy atom. The number of carboxylic acids is 1. The van der Waals surface area contributed by atoms with Gasteiger partial charge in [-0.1, -0.05) is 6.42 Å². The van der Waals surface area contributed by atoms with E-state index in [2.05, 4.69) is 0 Å². The van der Waals surface area contributed by atoms with Crippen molar-refractivity contribution >= 4 is 21.8 Å². The molecule has 0 saturated carbocycles. The molecule has 124 valence electrons. The second kappa shape index (κ2) is 12.3. The average molecular weight is 346 g/mol. The highest BCUT2D eigenvalue weighted by Crippen LogP contribution is 2.35. The van der Waals surface area contributed by atoms with Gasteiger partial charge in [0, 0.05) is 0 Å². The Labute approximate surface area is 113 Å². The van der Waals surface area contributed by atoms with Crippen molar-refractivity contribution in [2.45, 2.75) is 25.3 Å². The van der Waals surface area contributed by atoms with Crippen molar-refractivity contribution in [1.29, 1.82) is 0 Å². The lowest BCUT2D eigenvalue weighted by Gasteiger charge is -2.03. The number of carbonyl (C=O) groups is 1. The van der Waals surface area contributed by atoms with Crippen LogP contribution < -0.4 is 11.5 Å². The Morgan fingerprint density at radius 1 is 1.05 bits per heavy atom. The van der Waals surface area contributed by atoms with Crippen LogP contribution in [0.25, 0.3) is 0 Å². The van der Waals surface area contributed by atoms with E-state index in [1.165, 1.54) is 0 Å². The summed E-state index contributed by atoms with van der Waals surface area (Å²) in [7, 11) is -10.3. The van der Waals surface area contributed by atoms with E-state index in [1.807, 2.05) is 0 Å². The molecule has 0 aliphatic heterocycles. The van der Waals surface area contributed by atoms with Gasteiger partial charge >= 0.3 is 21.8 Å². The monoisotopic (exact) mass is 346 g/mol. The van der Waals surface area contributed by atoms with Gasteiger partial charge in [0.25, 0.3) is 0 Å². The molecule has 0 unspecified atom stereocenters. The molecule has 10 nitrogen and oxygen atoms in total. The number of rotatable bonds is 5. The Morgan fingerprint density at radius 3 is 1.55 bits per heavy atom. The first-order valence-corrected chi connectivity index (χ1v) is 7.88. The van der Waals surface area contributed by atoms with Gasteiger partial charge < -0.3 is 16.6 Å². The summed E-state index contributed by atoms with van der Waals surface area (Å²) in [5.74, 6) is -0.933. The second-order valence-corrected chi connectivity index (χ2v) is 5.07. The van der Waals surface area contributed by atoms with Crippen molar-refractivity contribution in [1.82, 2.24) is 0 Å². The van der Waals surface area contributed by atoms with Gasteiger partial charge in [0.1, 0.15) is 6.04 Å². The predicted octanol–water partition coefficient (Wildman–Crippen LogP) is -0.375. The van der Waals surface area contributed by atoms with E-state index in [-0.39, 0.29) is 0 Å². The van der Waals surface area contributed by atoms with Crippen LogP contribution in [0.4, 0.5) is 8.39 Å². The molecular weight excluding hydrogens is 328 g/mol. The van der Waals surface area contributed by atoms with Crippen LogP contribution in [0.3, 0.4) is 0 Å². The molecule has 0 bridgehead atoms. The van der Waals surface area contributed by atoms with E-state index in [9.17, 15) is 13.2 Å². The normalized spacial score (nSPS) is 12.4. The number of carboxylic acid groups (broad SMARTS) is 1. The SMILES string of the molecule is NCCCC[C@H](N)C(=O)O.O=P(O)(O)F.O=P(O)(O)F. The quantitative estimate of drug-likeness (QED) is 0.254. The number of aliphatic carboxylic acids is 1. The molecule has 0 aromatic carbocycles. The first-order chi connectivity index (χ1) is 8.68. The summed E-state index contributed by atoms with van der Waals surface area (Å²) < 4.78 is 38.0. The average Bonchev–Trinajstić information content (AvgIpc) is 2.12. The second-order valence-electron chi connectivity index (χ2n) is 3.18.